The molecule has 1 amide bonds. The van der Waals surface area contributed by atoms with E-state index in [1.807, 2.05) is 18.3 Å². The van der Waals surface area contributed by atoms with E-state index < -0.39 is 0 Å². The van der Waals surface area contributed by atoms with Crippen molar-refractivity contribution in [2.45, 2.75) is 63.8 Å². The fourth-order valence-electron chi connectivity index (χ4n) is 5.71. The number of carbonyl (C=O) groups excluding carboxylic acids is 1. The molecule has 38 heavy (non-hydrogen) atoms. The highest BCUT2D eigenvalue weighted by Gasteiger charge is 2.28. The first-order valence-corrected chi connectivity index (χ1v) is 13.4. The number of H-pyrrole nitrogens is 1. The number of aromatic nitrogens is 3. The van der Waals surface area contributed by atoms with Gasteiger partial charge in [-0.15, -0.1) is 17.0 Å². The van der Waals surface area contributed by atoms with Crippen molar-refractivity contribution in [1.82, 2.24) is 30.5 Å². The van der Waals surface area contributed by atoms with Crippen LogP contribution in [0, 0.1) is 0 Å². The Morgan fingerprint density at radius 3 is 2.61 bits per heavy atom. The number of carbonyl (C=O) groups is 1. The molecule has 2 aromatic heterocycles. The second kappa shape index (κ2) is 12.2. The monoisotopic (exact) mass is 574 g/mol. The molecule has 0 radical (unpaired) electrons. The van der Waals surface area contributed by atoms with Crippen LogP contribution in [0.15, 0.2) is 66.9 Å². The van der Waals surface area contributed by atoms with Gasteiger partial charge < -0.3 is 15.6 Å². The number of rotatable bonds is 9. The molecule has 2 aliphatic rings. The third-order valence-electron chi connectivity index (χ3n) is 7.61. The van der Waals surface area contributed by atoms with Crippen LogP contribution in [0.2, 0.25) is 0 Å². The van der Waals surface area contributed by atoms with Crippen LogP contribution < -0.4 is 10.6 Å². The van der Waals surface area contributed by atoms with Gasteiger partial charge >= 0.3 is 0 Å². The number of pyridine rings is 1. The minimum atomic E-state index is 0. The summed E-state index contributed by atoms with van der Waals surface area (Å²) < 4.78 is 0. The molecule has 1 aliphatic carbocycles. The molecular weight excluding hydrogens is 540 g/mol. The molecule has 2 atom stereocenters. The number of hydrogen-bond donors (Lipinski definition) is 3. The van der Waals surface area contributed by atoms with Crippen LogP contribution in [0.25, 0.3) is 11.0 Å². The molecule has 0 saturated carbocycles. The van der Waals surface area contributed by atoms with Crippen molar-refractivity contribution < 1.29 is 4.79 Å². The van der Waals surface area contributed by atoms with Crippen LogP contribution in [-0.2, 0) is 30.8 Å². The zero-order valence-corrected chi connectivity index (χ0v) is 23.2. The van der Waals surface area contributed by atoms with Gasteiger partial charge in [-0.3, -0.25) is 14.7 Å². The number of nitrogens with zero attached hydrogens (tertiary/aromatic N) is 3. The van der Waals surface area contributed by atoms with Gasteiger partial charge in [-0.25, -0.2) is 4.98 Å². The largest absolute Gasteiger partial charge is 0.352 e. The number of hydrogen-bond acceptors (Lipinski definition) is 5. The summed E-state index contributed by atoms with van der Waals surface area (Å²) in [5, 5.41) is 6.50. The summed E-state index contributed by atoms with van der Waals surface area (Å²) in [6, 6.07) is 21.9. The lowest BCUT2D eigenvalue weighted by atomic mass is 9.90. The SMILES string of the molecule is Br.O=C1CC[C@@H](CNCc2ccc(CN(Cc3nc4ccccc4[nH]3)C3CCCc4cccnc43)cc2)N1. The van der Waals surface area contributed by atoms with Gasteiger partial charge in [0.15, 0.2) is 0 Å². The average molecular weight is 576 g/mol. The minimum absolute atomic E-state index is 0. The number of fused-ring (bicyclic) bond motifs is 2. The van der Waals surface area contributed by atoms with Crippen LogP contribution >= 0.6 is 17.0 Å². The van der Waals surface area contributed by atoms with Crippen molar-refractivity contribution in [2.24, 2.45) is 0 Å². The van der Waals surface area contributed by atoms with Gasteiger partial charge in [0.25, 0.3) is 0 Å². The fraction of sp³-hybridized carbons (Fsp3) is 0.367. The molecule has 1 saturated heterocycles. The first kappa shape index (κ1) is 26.5. The Bertz CT molecular complexity index is 1340. The van der Waals surface area contributed by atoms with E-state index in [1.165, 1.54) is 28.8 Å². The second-order valence-corrected chi connectivity index (χ2v) is 10.3. The average Bonchev–Trinajstić information content (AvgIpc) is 3.54. The number of amides is 1. The van der Waals surface area contributed by atoms with Gasteiger partial charge in [-0.05, 0) is 60.6 Å². The highest BCUT2D eigenvalue weighted by atomic mass is 79.9. The van der Waals surface area contributed by atoms with E-state index in [0.717, 1.165) is 62.3 Å². The molecule has 3 N–H and O–H groups in total. The van der Waals surface area contributed by atoms with Gasteiger partial charge in [0, 0.05) is 38.3 Å². The van der Waals surface area contributed by atoms with Crippen LogP contribution in [-0.4, -0.2) is 38.3 Å². The van der Waals surface area contributed by atoms with E-state index in [0.29, 0.717) is 6.42 Å². The van der Waals surface area contributed by atoms with Crippen molar-refractivity contribution in [2.75, 3.05) is 6.54 Å². The lowest BCUT2D eigenvalue weighted by Gasteiger charge is -2.34. The maximum Gasteiger partial charge on any atom is 0.220 e. The van der Waals surface area contributed by atoms with Gasteiger partial charge in [-0.1, -0.05) is 42.5 Å². The summed E-state index contributed by atoms with van der Waals surface area (Å²) in [6.07, 6.45) is 6.87. The van der Waals surface area contributed by atoms with Crippen LogP contribution in [0.1, 0.15) is 59.9 Å². The van der Waals surface area contributed by atoms with Crippen molar-refractivity contribution in [3.63, 3.8) is 0 Å². The highest BCUT2D eigenvalue weighted by molar-refractivity contribution is 8.93. The Hall–Kier alpha value is -3.07. The standard InChI is InChI=1S/C30H34N6O.BrH/c37-29-15-14-24(33-29)18-31-17-21-10-12-22(13-11-21)19-36(20-28-34-25-7-1-2-8-26(25)35-28)27-9-3-5-23-6-4-16-32-30(23)27;/h1-2,4,6-8,10-13,16,24,27,31H,3,5,9,14-15,17-20H2,(H,33,37)(H,34,35);1H/t24-,27?;/m0./s1. The van der Waals surface area contributed by atoms with Crippen molar-refractivity contribution in [1.29, 1.82) is 0 Å². The molecule has 8 heteroatoms. The second-order valence-electron chi connectivity index (χ2n) is 10.3. The molecule has 198 valence electrons. The van der Waals surface area contributed by atoms with Gasteiger partial charge in [-0.2, -0.15) is 0 Å². The molecule has 7 nitrogen and oxygen atoms in total. The first-order chi connectivity index (χ1) is 18.2. The quantitative estimate of drug-likeness (QED) is 0.262. The Balaban J connectivity index is 0.00000294. The van der Waals surface area contributed by atoms with Crippen molar-refractivity contribution >= 4 is 33.9 Å². The number of aromatic amines is 1. The summed E-state index contributed by atoms with van der Waals surface area (Å²) in [6.45, 7) is 3.19. The summed E-state index contributed by atoms with van der Waals surface area (Å²) in [5.41, 5.74) is 7.20. The van der Waals surface area contributed by atoms with E-state index in [9.17, 15) is 4.79 Å². The maximum absolute atomic E-state index is 11.4. The number of aryl methyl sites for hydroxylation is 1. The third-order valence-corrected chi connectivity index (χ3v) is 7.61. The highest BCUT2D eigenvalue weighted by Crippen LogP contribution is 2.34. The van der Waals surface area contributed by atoms with E-state index in [2.05, 4.69) is 69.0 Å². The summed E-state index contributed by atoms with van der Waals surface area (Å²) in [4.78, 5) is 27.2. The summed E-state index contributed by atoms with van der Waals surface area (Å²) in [7, 11) is 0. The third kappa shape index (κ3) is 6.14. The predicted octanol–water partition coefficient (Wildman–Crippen LogP) is 4.98. The summed E-state index contributed by atoms with van der Waals surface area (Å²) in [5.74, 6) is 1.16. The smallest absolute Gasteiger partial charge is 0.220 e. The zero-order valence-electron chi connectivity index (χ0n) is 21.5. The molecule has 4 aromatic rings. The van der Waals surface area contributed by atoms with E-state index in [1.54, 1.807) is 0 Å². The zero-order chi connectivity index (χ0) is 25.0. The van der Waals surface area contributed by atoms with E-state index in [4.69, 9.17) is 9.97 Å². The van der Waals surface area contributed by atoms with Gasteiger partial charge in [0.05, 0.1) is 29.3 Å². The number of benzene rings is 2. The number of halogens is 1. The maximum atomic E-state index is 11.4. The molecular formula is C30H35BrN6O. The molecule has 1 fully saturated rings. The Morgan fingerprint density at radius 2 is 1.79 bits per heavy atom. The Labute approximate surface area is 234 Å². The first-order valence-electron chi connectivity index (χ1n) is 13.4. The number of para-hydroxylation sites is 2. The predicted molar refractivity (Wildman–Crippen MR) is 155 cm³/mol. The lowest BCUT2D eigenvalue weighted by molar-refractivity contribution is -0.119. The van der Waals surface area contributed by atoms with Crippen LogP contribution in [0.4, 0.5) is 0 Å². The topological polar surface area (TPSA) is 85.9 Å². The minimum Gasteiger partial charge on any atom is -0.352 e. The van der Waals surface area contributed by atoms with E-state index in [-0.39, 0.29) is 35.0 Å². The number of nitrogens with one attached hydrogen (secondary N) is 3. The number of imidazole rings is 1. The van der Waals surface area contributed by atoms with Crippen molar-refractivity contribution in [3.05, 3.63) is 95.1 Å². The molecule has 2 aromatic carbocycles. The molecule has 1 unspecified atom stereocenters. The van der Waals surface area contributed by atoms with Crippen molar-refractivity contribution in [3.8, 4) is 0 Å². The Morgan fingerprint density at radius 1 is 0.947 bits per heavy atom. The molecule has 3 heterocycles. The molecule has 0 spiro atoms. The Kier molecular flexibility index (Phi) is 8.51. The van der Waals surface area contributed by atoms with Gasteiger partial charge in [0.1, 0.15) is 5.82 Å². The normalized spacial score (nSPS) is 18.8. The molecule has 0 bridgehead atoms. The van der Waals surface area contributed by atoms with Crippen LogP contribution in [0.5, 0.6) is 0 Å². The summed E-state index contributed by atoms with van der Waals surface area (Å²) >= 11 is 0. The van der Waals surface area contributed by atoms with E-state index >= 15 is 0 Å². The van der Waals surface area contributed by atoms with Gasteiger partial charge in [0.2, 0.25) is 5.91 Å². The lowest BCUT2D eigenvalue weighted by Crippen LogP contribution is -2.35. The molecule has 1 aliphatic heterocycles. The van der Waals surface area contributed by atoms with Crippen LogP contribution in [0.3, 0.4) is 0 Å². The molecule has 6 rings (SSSR count). The fourth-order valence-corrected chi connectivity index (χ4v) is 5.71.